The van der Waals surface area contributed by atoms with Gasteiger partial charge in [-0.25, -0.2) is 0 Å². The van der Waals surface area contributed by atoms with E-state index in [9.17, 15) is 0 Å². The topological polar surface area (TPSA) is 59.6 Å². The molecular formula is C20H34IN3O. The zero-order chi connectivity index (χ0) is 17.0. The van der Waals surface area contributed by atoms with E-state index in [0.29, 0.717) is 12.1 Å². The first-order valence-electron chi connectivity index (χ1n) is 9.55. The van der Waals surface area contributed by atoms with Gasteiger partial charge in [0.05, 0.1) is 6.10 Å². The molecule has 1 aromatic carbocycles. The summed E-state index contributed by atoms with van der Waals surface area (Å²) >= 11 is 0. The fourth-order valence-corrected chi connectivity index (χ4v) is 3.13. The Bertz CT molecular complexity index is 501. The lowest BCUT2D eigenvalue weighted by Crippen LogP contribution is -2.22. The second kappa shape index (κ2) is 13.4. The summed E-state index contributed by atoms with van der Waals surface area (Å²) in [6.07, 6.45) is 11.5. The van der Waals surface area contributed by atoms with Gasteiger partial charge in [-0.3, -0.25) is 4.99 Å². The molecule has 5 heteroatoms. The van der Waals surface area contributed by atoms with E-state index in [0.717, 1.165) is 44.5 Å². The first-order chi connectivity index (χ1) is 11.8. The zero-order valence-corrected chi connectivity index (χ0v) is 17.8. The summed E-state index contributed by atoms with van der Waals surface area (Å²) in [5, 5.41) is 3.16. The number of unbranched alkanes of at least 4 members (excludes halogenated alkanes) is 2. The van der Waals surface area contributed by atoms with Crippen molar-refractivity contribution in [2.24, 2.45) is 10.7 Å². The van der Waals surface area contributed by atoms with Crippen molar-refractivity contribution < 1.29 is 4.74 Å². The predicted molar refractivity (Wildman–Crippen MR) is 118 cm³/mol. The van der Waals surface area contributed by atoms with Crippen molar-refractivity contribution in [3.8, 4) is 0 Å². The molecule has 0 atom stereocenters. The number of nitrogens with zero attached hydrogens (tertiary/aromatic N) is 1. The molecule has 1 aliphatic rings. The summed E-state index contributed by atoms with van der Waals surface area (Å²) in [5.41, 5.74) is 8.26. The van der Waals surface area contributed by atoms with Gasteiger partial charge in [0.15, 0.2) is 5.96 Å². The average molecular weight is 459 g/mol. The number of ether oxygens (including phenoxy) is 1. The summed E-state index contributed by atoms with van der Waals surface area (Å²) in [4.78, 5) is 4.40. The molecular weight excluding hydrogens is 425 g/mol. The van der Waals surface area contributed by atoms with Crippen LogP contribution in [0.1, 0.15) is 63.9 Å². The number of anilines is 1. The van der Waals surface area contributed by atoms with E-state index in [-0.39, 0.29) is 24.0 Å². The minimum Gasteiger partial charge on any atom is -0.378 e. The number of guanidine groups is 1. The lowest BCUT2D eigenvalue weighted by atomic mass is 9.98. The highest BCUT2D eigenvalue weighted by Crippen LogP contribution is 2.20. The summed E-state index contributed by atoms with van der Waals surface area (Å²) in [7, 11) is 0. The van der Waals surface area contributed by atoms with Gasteiger partial charge in [-0.15, -0.1) is 24.0 Å². The number of halogens is 1. The SMILES string of the molecule is CCc1cccc(NC(N)=NCCCCCOC2CCCCC2)c1.I. The Morgan fingerprint density at radius 1 is 1.20 bits per heavy atom. The number of nitrogens with one attached hydrogen (secondary N) is 1. The van der Waals surface area contributed by atoms with Crippen molar-refractivity contribution in [1.82, 2.24) is 0 Å². The zero-order valence-electron chi connectivity index (χ0n) is 15.5. The van der Waals surface area contributed by atoms with E-state index in [2.05, 4.69) is 29.4 Å². The molecule has 3 N–H and O–H groups in total. The molecule has 0 bridgehead atoms. The highest BCUT2D eigenvalue weighted by atomic mass is 127. The molecule has 0 heterocycles. The molecule has 142 valence electrons. The van der Waals surface area contributed by atoms with Crippen LogP contribution in [-0.4, -0.2) is 25.2 Å². The van der Waals surface area contributed by atoms with Crippen LogP contribution in [0.2, 0.25) is 0 Å². The Morgan fingerprint density at radius 3 is 2.76 bits per heavy atom. The van der Waals surface area contributed by atoms with Crippen LogP contribution < -0.4 is 11.1 Å². The van der Waals surface area contributed by atoms with Gasteiger partial charge in [0.2, 0.25) is 0 Å². The third kappa shape index (κ3) is 9.45. The summed E-state index contributed by atoms with van der Waals surface area (Å²) in [6.45, 7) is 3.82. The van der Waals surface area contributed by atoms with E-state index >= 15 is 0 Å². The second-order valence-corrected chi connectivity index (χ2v) is 6.64. The maximum atomic E-state index is 5.95. The van der Waals surface area contributed by atoms with Crippen molar-refractivity contribution in [2.45, 2.75) is 70.8 Å². The number of benzene rings is 1. The van der Waals surface area contributed by atoms with Gasteiger partial charge in [0.25, 0.3) is 0 Å². The van der Waals surface area contributed by atoms with Gasteiger partial charge in [-0.1, -0.05) is 38.3 Å². The van der Waals surface area contributed by atoms with Gasteiger partial charge in [-0.2, -0.15) is 0 Å². The molecule has 0 amide bonds. The molecule has 1 aromatic rings. The Balaban J connectivity index is 0.00000312. The Labute approximate surface area is 170 Å². The predicted octanol–water partition coefficient (Wildman–Crippen LogP) is 5.11. The van der Waals surface area contributed by atoms with E-state index in [4.69, 9.17) is 10.5 Å². The van der Waals surface area contributed by atoms with Crippen molar-refractivity contribution in [3.05, 3.63) is 29.8 Å². The maximum Gasteiger partial charge on any atom is 0.193 e. The summed E-state index contributed by atoms with van der Waals surface area (Å²) < 4.78 is 5.94. The Kier molecular flexibility index (Phi) is 11.9. The molecule has 0 unspecified atom stereocenters. The number of nitrogens with two attached hydrogens (primary N) is 1. The Morgan fingerprint density at radius 2 is 2.00 bits per heavy atom. The van der Waals surface area contributed by atoms with Crippen LogP contribution in [-0.2, 0) is 11.2 Å². The van der Waals surface area contributed by atoms with Crippen LogP contribution in [0.3, 0.4) is 0 Å². The van der Waals surface area contributed by atoms with Crippen LogP contribution >= 0.6 is 24.0 Å². The lowest BCUT2D eigenvalue weighted by molar-refractivity contribution is 0.0264. The van der Waals surface area contributed by atoms with Crippen LogP contribution in [0.25, 0.3) is 0 Å². The molecule has 0 radical (unpaired) electrons. The summed E-state index contributed by atoms with van der Waals surface area (Å²) in [5.74, 6) is 0.502. The van der Waals surface area contributed by atoms with E-state index in [1.54, 1.807) is 0 Å². The maximum absolute atomic E-state index is 5.95. The third-order valence-corrected chi connectivity index (χ3v) is 4.60. The van der Waals surface area contributed by atoms with Crippen molar-refractivity contribution in [3.63, 3.8) is 0 Å². The first kappa shape index (κ1) is 22.2. The van der Waals surface area contributed by atoms with Crippen molar-refractivity contribution in [2.75, 3.05) is 18.5 Å². The monoisotopic (exact) mass is 459 g/mol. The van der Waals surface area contributed by atoms with E-state index in [1.807, 2.05) is 12.1 Å². The largest absolute Gasteiger partial charge is 0.378 e. The van der Waals surface area contributed by atoms with Crippen LogP contribution in [0.15, 0.2) is 29.3 Å². The van der Waals surface area contributed by atoms with Gasteiger partial charge in [0.1, 0.15) is 0 Å². The number of hydrogen-bond donors (Lipinski definition) is 2. The van der Waals surface area contributed by atoms with Crippen LogP contribution in [0, 0.1) is 0 Å². The molecule has 0 aromatic heterocycles. The van der Waals surface area contributed by atoms with Gasteiger partial charge < -0.3 is 15.8 Å². The standard InChI is InChI=1S/C20H33N3O.HI/c1-2-17-10-9-11-18(16-17)23-20(21)22-14-7-4-8-15-24-19-12-5-3-6-13-19;/h9-11,16,19H,2-8,12-15H2,1H3,(H3,21,22,23);1H. The minimum atomic E-state index is 0. The first-order valence-corrected chi connectivity index (χ1v) is 9.55. The van der Waals surface area contributed by atoms with Gasteiger partial charge in [0, 0.05) is 18.8 Å². The molecule has 4 nitrogen and oxygen atoms in total. The molecule has 0 spiro atoms. The molecule has 25 heavy (non-hydrogen) atoms. The highest BCUT2D eigenvalue weighted by molar-refractivity contribution is 14.0. The third-order valence-electron chi connectivity index (χ3n) is 4.60. The number of hydrogen-bond acceptors (Lipinski definition) is 2. The van der Waals surface area contributed by atoms with Gasteiger partial charge in [-0.05, 0) is 56.2 Å². The molecule has 1 aliphatic carbocycles. The molecule has 2 rings (SSSR count). The average Bonchev–Trinajstić information content (AvgIpc) is 2.62. The molecule has 1 fully saturated rings. The smallest absolute Gasteiger partial charge is 0.193 e. The normalized spacial score (nSPS) is 15.6. The highest BCUT2D eigenvalue weighted by Gasteiger charge is 2.12. The Hall–Kier alpha value is -0.820. The van der Waals surface area contributed by atoms with Crippen LogP contribution in [0.4, 0.5) is 5.69 Å². The molecule has 0 saturated heterocycles. The molecule has 0 aliphatic heterocycles. The molecule has 1 saturated carbocycles. The lowest BCUT2D eigenvalue weighted by Gasteiger charge is -2.21. The van der Waals surface area contributed by atoms with E-state index < -0.39 is 0 Å². The van der Waals surface area contributed by atoms with Crippen LogP contribution in [0.5, 0.6) is 0 Å². The van der Waals surface area contributed by atoms with E-state index in [1.165, 1.54) is 37.7 Å². The fourth-order valence-electron chi connectivity index (χ4n) is 3.13. The van der Waals surface area contributed by atoms with Crippen molar-refractivity contribution in [1.29, 1.82) is 0 Å². The number of aliphatic imine (C=N–C) groups is 1. The quantitative estimate of drug-likeness (QED) is 0.234. The number of rotatable bonds is 9. The van der Waals surface area contributed by atoms with Gasteiger partial charge >= 0.3 is 0 Å². The second-order valence-electron chi connectivity index (χ2n) is 6.64. The minimum absolute atomic E-state index is 0. The fraction of sp³-hybridized carbons (Fsp3) is 0.650. The van der Waals surface area contributed by atoms with Crippen molar-refractivity contribution >= 4 is 35.6 Å². The summed E-state index contributed by atoms with van der Waals surface area (Å²) in [6, 6.07) is 8.30. The number of aryl methyl sites for hydroxylation is 1.